The summed E-state index contributed by atoms with van der Waals surface area (Å²) in [5, 5.41) is 24.2. The zero-order valence-electron chi connectivity index (χ0n) is 20.7. The third-order valence-corrected chi connectivity index (χ3v) is 6.61. The largest absolute Gasteiger partial charge is 0.508 e. The van der Waals surface area contributed by atoms with Crippen molar-refractivity contribution >= 4 is 18.0 Å². The molecule has 0 spiro atoms. The molecule has 192 valence electrons. The molecule has 1 aliphatic carbocycles. The van der Waals surface area contributed by atoms with Gasteiger partial charge in [-0.05, 0) is 53.8 Å². The van der Waals surface area contributed by atoms with E-state index >= 15 is 0 Å². The van der Waals surface area contributed by atoms with Crippen LogP contribution < -0.4 is 10.6 Å². The molecule has 0 saturated carbocycles. The van der Waals surface area contributed by atoms with Gasteiger partial charge in [0.2, 0.25) is 5.91 Å². The second-order valence-corrected chi connectivity index (χ2v) is 9.80. The van der Waals surface area contributed by atoms with Crippen molar-refractivity contribution in [2.45, 2.75) is 32.2 Å². The van der Waals surface area contributed by atoms with Gasteiger partial charge in [0.1, 0.15) is 18.4 Å². The number of fused-ring (bicyclic) bond motifs is 3. The minimum absolute atomic E-state index is 0.0406. The molecule has 4 rings (SSSR count). The second-order valence-electron chi connectivity index (χ2n) is 9.80. The van der Waals surface area contributed by atoms with E-state index in [0.717, 1.165) is 22.3 Å². The van der Waals surface area contributed by atoms with Gasteiger partial charge in [0.25, 0.3) is 0 Å². The van der Waals surface area contributed by atoms with Crippen LogP contribution in [0.2, 0.25) is 0 Å². The van der Waals surface area contributed by atoms with Crippen molar-refractivity contribution in [3.8, 4) is 16.9 Å². The molecule has 8 heteroatoms. The van der Waals surface area contributed by atoms with Crippen LogP contribution in [-0.2, 0) is 20.7 Å². The SMILES string of the molecule is CC(C)(CNC(=O)OCC1c2ccccc2-c2ccccc21)C(=O)N[C@@H](Cc1ccc(O)cc1)C(=O)O. The van der Waals surface area contributed by atoms with Gasteiger partial charge in [-0.1, -0.05) is 60.7 Å². The molecule has 37 heavy (non-hydrogen) atoms. The van der Waals surface area contributed by atoms with E-state index in [9.17, 15) is 24.6 Å². The van der Waals surface area contributed by atoms with E-state index in [-0.39, 0.29) is 31.2 Å². The van der Waals surface area contributed by atoms with Crippen molar-refractivity contribution in [3.63, 3.8) is 0 Å². The number of amides is 2. The fourth-order valence-electron chi connectivity index (χ4n) is 4.44. The van der Waals surface area contributed by atoms with Gasteiger partial charge in [-0.15, -0.1) is 0 Å². The predicted molar refractivity (Wildman–Crippen MR) is 138 cm³/mol. The van der Waals surface area contributed by atoms with Gasteiger partial charge in [0.05, 0.1) is 5.41 Å². The van der Waals surface area contributed by atoms with Gasteiger partial charge in [0, 0.05) is 18.9 Å². The summed E-state index contributed by atoms with van der Waals surface area (Å²) in [7, 11) is 0. The number of rotatable bonds is 9. The molecule has 3 aromatic rings. The molecule has 0 heterocycles. The Bertz CT molecular complexity index is 1260. The van der Waals surface area contributed by atoms with Gasteiger partial charge < -0.3 is 25.6 Å². The molecule has 0 unspecified atom stereocenters. The number of carbonyl (C=O) groups is 3. The number of carboxylic acids is 1. The molecule has 1 atom stereocenters. The lowest BCUT2D eigenvalue weighted by molar-refractivity contribution is -0.143. The number of hydrogen-bond donors (Lipinski definition) is 4. The third-order valence-electron chi connectivity index (χ3n) is 6.61. The Morgan fingerprint density at radius 2 is 1.49 bits per heavy atom. The fourth-order valence-corrected chi connectivity index (χ4v) is 4.44. The molecule has 0 aromatic heterocycles. The van der Waals surface area contributed by atoms with Gasteiger partial charge in [0.15, 0.2) is 0 Å². The first-order valence-corrected chi connectivity index (χ1v) is 12.1. The number of carbonyl (C=O) groups excluding carboxylic acids is 2. The third kappa shape index (κ3) is 5.91. The second kappa shape index (κ2) is 10.7. The van der Waals surface area contributed by atoms with Crippen LogP contribution >= 0.6 is 0 Å². The van der Waals surface area contributed by atoms with Crippen LogP contribution in [0.4, 0.5) is 4.79 Å². The average molecular weight is 503 g/mol. The quantitative estimate of drug-likeness (QED) is 0.350. The molecule has 0 fully saturated rings. The number of phenolic OH excluding ortho intramolecular Hbond substituents is 1. The molecule has 4 N–H and O–H groups in total. The van der Waals surface area contributed by atoms with Crippen LogP contribution in [0.25, 0.3) is 11.1 Å². The number of ether oxygens (including phenoxy) is 1. The lowest BCUT2D eigenvalue weighted by Crippen LogP contribution is -2.51. The molecule has 1 aliphatic rings. The van der Waals surface area contributed by atoms with Crippen LogP contribution in [0.3, 0.4) is 0 Å². The molecule has 0 aliphatic heterocycles. The highest BCUT2D eigenvalue weighted by Gasteiger charge is 2.33. The standard InChI is InChI=1S/C29H30N2O6/c1-29(2,27(35)31-25(26(33)34)15-18-11-13-19(32)14-12-18)17-30-28(36)37-16-24-22-9-5-3-7-20(22)21-8-4-6-10-23(21)24/h3-14,24-25,32H,15-17H2,1-2H3,(H,30,36)(H,31,35)(H,33,34)/t25-/m0/s1. The van der Waals surface area contributed by atoms with Crippen molar-refractivity contribution in [2.75, 3.05) is 13.2 Å². The van der Waals surface area contributed by atoms with E-state index in [2.05, 4.69) is 22.8 Å². The molecule has 8 nitrogen and oxygen atoms in total. The summed E-state index contributed by atoms with van der Waals surface area (Å²) in [5.41, 5.74) is 4.03. The molecular weight excluding hydrogens is 472 g/mol. The predicted octanol–water partition coefficient (Wildman–Crippen LogP) is 4.07. The van der Waals surface area contributed by atoms with Gasteiger partial charge >= 0.3 is 12.1 Å². The van der Waals surface area contributed by atoms with Crippen molar-refractivity contribution in [1.29, 1.82) is 0 Å². The molecular formula is C29H30N2O6. The fraction of sp³-hybridized carbons (Fsp3) is 0.276. The summed E-state index contributed by atoms with van der Waals surface area (Å²) in [6, 6.07) is 21.0. The number of carboxylic acid groups (broad SMARTS) is 1. The maximum absolute atomic E-state index is 12.9. The minimum Gasteiger partial charge on any atom is -0.508 e. The summed E-state index contributed by atoms with van der Waals surface area (Å²) in [4.78, 5) is 37.1. The number of aliphatic carboxylic acids is 1. The summed E-state index contributed by atoms with van der Waals surface area (Å²) in [5.74, 6) is -1.70. The first-order chi connectivity index (χ1) is 17.7. The number of benzene rings is 3. The Labute approximate surface area is 215 Å². The van der Waals surface area contributed by atoms with Gasteiger partial charge in [-0.2, -0.15) is 0 Å². The van der Waals surface area contributed by atoms with Crippen LogP contribution in [0, 0.1) is 5.41 Å². The Hall–Kier alpha value is -4.33. The van der Waals surface area contributed by atoms with Crippen molar-refractivity contribution < 1.29 is 29.3 Å². The first kappa shape index (κ1) is 25.8. The van der Waals surface area contributed by atoms with Crippen LogP contribution in [0.15, 0.2) is 72.8 Å². The highest BCUT2D eigenvalue weighted by Crippen LogP contribution is 2.44. The topological polar surface area (TPSA) is 125 Å². The summed E-state index contributed by atoms with van der Waals surface area (Å²) in [6.07, 6.45) is -0.598. The Morgan fingerprint density at radius 1 is 0.919 bits per heavy atom. The highest BCUT2D eigenvalue weighted by molar-refractivity contribution is 5.87. The van der Waals surface area contributed by atoms with E-state index in [4.69, 9.17) is 4.74 Å². The zero-order chi connectivity index (χ0) is 26.6. The number of phenols is 1. The Morgan fingerprint density at radius 3 is 2.05 bits per heavy atom. The normalized spacial score (nSPS) is 13.2. The smallest absolute Gasteiger partial charge is 0.407 e. The zero-order valence-corrected chi connectivity index (χ0v) is 20.7. The van der Waals surface area contributed by atoms with E-state index in [1.807, 2.05) is 36.4 Å². The average Bonchev–Trinajstić information content (AvgIpc) is 3.20. The van der Waals surface area contributed by atoms with Gasteiger partial charge in [-0.25, -0.2) is 9.59 Å². The number of hydrogen-bond acceptors (Lipinski definition) is 5. The van der Waals surface area contributed by atoms with E-state index in [1.165, 1.54) is 12.1 Å². The van der Waals surface area contributed by atoms with Crippen molar-refractivity contribution in [1.82, 2.24) is 10.6 Å². The van der Waals surface area contributed by atoms with Crippen LogP contribution in [-0.4, -0.2) is 47.4 Å². The van der Waals surface area contributed by atoms with Crippen LogP contribution in [0.5, 0.6) is 5.75 Å². The van der Waals surface area contributed by atoms with Crippen LogP contribution in [0.1, 0.15) is 36.5 Å². The lowest BCUT2D eigenvalue weighted by Gasteiger charge is -2.26. The highest BCUT2D eigenvalue weighted by atomic mass is 16.5. The lowest BCUT2D eigenvalue weighted by atomic mass is 9.91. The molecule has 0 saturated heterocycles. The monoisotopic (exact) mass is 502 g/mol. The van der Waals surface area contributed by atoms with Gasteiger partial charge in [-0.3, -0.25) is 4.79 Å². The number of aromatic hydroxyl groups is 1. The first-order valence-electron chi connectivity index (χ1n) is 12.1. The Kier molecular flexibility index (Phi) is 7.47. The summed E-state index contributed by atoms with van der Waals surface area (Å²) in [6.45, 7) is 3.35. The number of alkyl carbamates (subject to hydrolysis) is 1. The molecule has 3 aromatic carbocycles. The molecule has 0 bridgehead atoms. The van der Waals surface area contributed by atoms with E-state index in [1.54, 1.807) is 26.0 Å². The molecule has 0 radical (unpaired) electrons. The molecule has 2 amide bonds. The maximum Gasteiger partial charge on any atom is 0.407 e. The van der Waals surface area contributed by atoms with Crippen molar-refractivity contribution in [3.05, 3.63) is 89.5 Å². The summed E-state index contributed by atoms with van der Waals surface area (Å²) >= 11 is 0. The maximum atomic E-state index is 12.9. The van der Waals surface area contributed by atoms with E-state index < -0.39 is 29.4 Å². The number of nitrogens with one attached hydrogen (secondary N) is 2. The summed E-state index contributed by atoms with van der Waals surface area (Å²) < 4.78 is 5.53. The van der Waals surface area contributed by atoms with E-state index in [0.29, 0.717) is 5.56 Å². The van der Waals surface area contributed by atoms with Crippen molar-refractivity contribution in [2.24, 2.45) is 5.41 Å². The minimum atomic E-state index is -1.18. The Balaban J connectivity index is 1.32.